The van der Waals surface area contributed by atoms with Crippen molar-refractivity contribution in [3.63, 3.8) is 0 Å². The van der Waals surface area contributed by atoms with Gasteiger partial charge in [-0.15, -0.1) is 0 Å². The SMILES string of the molecule is CCc1ccc(CN(C)CC(=O)N2c3ccccc3NC(=O)CC2C(F)(F)F)cc1. The second-order valence-electron chi connectivity index (χ2n) is 7.43. The van der Waals surface area contributed by atoms with Gasteiger partial charge >= 0.3 is 6.18 Å². The highest BCUT2D eigenvalue weighted by atomic mass is 19.4. The van der Waals surface area contributed by atoms with Gasteiger partial charge in [-0.1, -0.05) is 43.3 Å². The summed E-state index contributed by atoms with van der Waals surface area (Å²) >= 11 is 0. The Morgan fingerprint density at radius 2 is 1.77 bits per heavy atom. The Balaban J connectivity index is 1.84. The van der Waals surface area contributed by atoms with Crippen LogP contribution in [-0.4, -0.2) is 42.5 Å². The highest BCUT2D eigenvalue weighted by Crippen LogP contribution is 2.37. The summed E-state index contributed by atoms with van der Waals surface area (Å²) in [6, 6.07) is 11.7. The van der Waals surface area contributed by atoms with E-state index in [2.05, 4.69) is 12.2 Å². The van der Waals surface area contributed by atoms with Gasteiger partial charge < -0.3 is 5.32 Å². The van der Waals surface area contributed by atoms with E-state index in [-0.39, 0.29) is 17.9 Å². The van der Waals surface area contributed by atoms with Crippen LogP contribution >= 0.6 is 0 Å². The van der Waals surface area contributed by atoms with Gasteiger partial charge in [-0.05, 0) is 36.7 Å². The van der Waals surface area contributed by atoms with E-state index >= 15 is 0 Å². The van der Waals surface area contributed by atoms with Crippen molar-refractivity contribution in [2.24, 2.45) is 0 Å². The van der Waals surface area contributed by atoms with Gasteiger partial charge in [0.1, 0.15) is 6.04 Å². The number of alkyl halides is 3. The summed E-state index contributed by atoms with van der Waals surface area (Å²) in [6.45, 7) is 2.25. The molecule has 0 saturated carbocycles. The quantitative estimate of drug-likeness (QED) is 0.798. The van der Waals surface area contributed by atoms with Crippen molar-refractivity contribution >= 4 is 23.2 Å². The van der Waals surface area contributed by atoms with Crippen LogP contribution in [0, 0.1) is 0 Å². The average molecular weight is 419 g/mol. The van der Waals surface area contributed by atoms with Crippen LogP contribution in [0.2, 0.25) is 0 Å². The summed E-state index contributed by atoms with van der Waals surface area (Å²) in [6.07, 6.45) is -4.67. The lowest BCUT2D eigenvalue weighted by atomic mass is 10.1. The number of para-hydroxylation sites is 2. The van der Waals surface area contributed by atoms with Crippen molar-refractivity contribution < 1.29 is 22.8 Å². The molecule has 0 saturated heterocycles. The highest BCUT2D eigenvalue weighted by molar-refractivity contribution is 6.05. The number of halogens is 3. The van der Waals surface area contributed by atoms with Crippen molar-refractivity contribution in [1.82, 2.24) is 4.90 Å². The number of fused-ring (bicyclic) bond motifs is 1. The molecule has 0 spiro atoms. The van der Waals surface area contributed by atoms with Gasteiger partial charge in [0, 0.05) is 6.54 Å². The minimum absolute atomic E-state index is 0.0522. The number of hydrogen-bond donors (Lipinski definition) is 1. The monoisotopic (exact) mass is 419 g/mol. The van der Waals surface area contributed by atoms with Gasteiger partial charge in [-0.3, -0.25) is 19.4 Å². The molecule has 1 aliphatic rings. The Labute approximate surface area is 173 Å². The molecule has 0 aliphatic carbocycles. The van der Waals surface area contributed by atoms with Crippen LogP contribution in [0.15, 0.2) is 48.5 Å². The molecule has 2 aromatic rings. The second kappa shape index (κ2) is 8.87. The molecule has 0 bridgehead atoms. The zero-order valence-corrected chi connectivity index (χ0v) is 16.9. The van der Waals surface area contributed by atoms with E-state index in [4.69, 9.17) is 0 Å². The summed E-state index contributed by atoms with van der Waals surface area (Å²) < 4.78 is 41.3. The first-order valence-corrected chi connectivity index (χ1v) is 9.73. The molecular weight excluding hydrogens is 395 g/mol. The van der Waals surface area contributed by atoms with Crippen LogP contribution in [0.25, 0.3) is 0 Å². The van der Waals surface area contributed by atoms with Crippen molar-refractivity contribution in [2.45, 2.75) is 38.5 Å². The van der Waals surface area contributed by atoms with Gasteiger partial charge in [-0.2, -0.15) is 13.2 Å². The number of carbonyl (C=O) groups excluding carboxylic acids is 2. The van der Waals surface area contributed by atoms with E-state index in [1.54, 1.807) is 24.1 Å². The molecule has 8 heteroatoms. The Kier molecular flexibility index (Phi) is 6.45. The van der Waals surface area contributed by atoms with E-state index in [0.717, 1.165) is 12.0 Å². The predicted octanol–water partition coefficient (Wildman–Crippen LogP) is 3.99. The first kappa shape index (κ1) is 21.8. The lowest BCUT2D eigenvalue weighted by Crippen LogP contribution is -2.52. The zero-order valence-electron chi connectivity index (χ0n) is 16.9. The molecule has 0 radical (unpaired) electrons. The summed E-state index contributed by atoms with van der Waals surface area (Å²) in [7, 11) is 1.68. The molecule has 160 valence electrons. The number of likely N-dealkylation sites (N-methyl/N-ethyl adjacent to an activating group) is 1. The number of hydrogen-bond acceptors (Lipinski definition) is 3. The van der Waals surface area contributed by atoms with E-state index in [1.807, 2.05) is 24.3 Å². The number of nitrogens with zero attached hydrogens (tertiary/aromatic N) is 2. The summed E-state index contributed by atoms with van der Waals surface area (Å²) in [4.78, 5) is 27.4. The fourth-order valence-corrected chi connectivity index (χ4v) is 3.55. The minimum Gasteiger partial charge on any atom is -0.324 e. The molecule has 0 aromatic heterocycles. The average Bonchev–Trinajstić information content (AvgIpc) is 2.84. The zero-order chi connectivity index (χ0) is 21.9. The van der Waals surface area contributed by atoms with Crippen molar-refractivity contribution in [3.8, 4) is 0 Å². The molecule has 1 N–H and O–H groups in total. The number of amides is 2. The minimum atomic E-state index is -4.74. The third-order valence-corrected chi connectivity index (χ3v) is 5.06. The molecule has 3 rings (SSSR count). The van der Waals surface area contributed by atoms with Crippen LogP contribution in [0.1, 0.15) is 24.5 Å². The topological polar surface area (TPSA) is 52.7 Å². The Hall–Kier alpha value is -2.87. The molecule has 30 heavy (non-hydrogen) atoms. The van der Waals surface area contributed by atoms with E-state index in [9.17, 15) is 22.8 Å². The second-order valence-corrected chi connectivity index (χ2v) is 7.43. The lowest BCUT2D eigenvalue weighted by molar-refractivity contribution is -0.158. The van der Waals surface area contributed by atoms with E-state index in [0.29, 0.717) is 11.4 Å². The molecule has 1 atom stereocenters. The molecule has 1 unspecified atom stereocenters. The number of anilines is 2. The molecule has 2 aromatic carbocycles. The molecule has 0 fully saturated rings. The van der Waals surface area contributed by atoms with Gasteiger partial charge in [-0.25, -0.2) is 0 Å². The fraction of sp³-hybridized carbons (Fsp3) is 0.364. The van der Waals surface area contributed by atoms with Crippen molar-refractivity contribution in [2.75, 3.05) is 23.8 Å². The van der Waals surface area contributed by atoms with Crippen molar-refractivity contribution in [1.29, 1.82) is 0 Å². The third-order valence-electron chi connectivity index (χ3n) is 5.06. The first-order valence-electron chi connectivity index (χ1n) is 9.73. The third kappa shape index (κ3) is 4.99. The standard InChI is InChI=1S/C22H24F3N3O2/c1-3-15-8-10-16(11-9-15)13-27(2)14-21(30)28-18-7-5-4-6-17(18)26-20(29)12-19(28)22(23,24)25/h4-11,19H,3,12-14H2,1-2H3,(H,26,29). The van der Waals surface area contributed by atoms with Gasteiger partial charge in [0.05, 0.1) is 24.3 Å². The Morgan fingerprint density at radius 1 is 1.13 bits per heavy atom. The van der Waals surface area contributed by atoms with Gasteiger partial charge in [0.2, 0.25) is 11.8 Å². The lowest BCUT2D eigenvalue weighted by Gasteiger charge is -2.33. The Bertz CT molecular complexity index is 913. The summed E-state index contributed by atoms with van der Waals surface area (Å²) in [5.41, 5.74) is 2.39. The maximum atomic E-state index is 13.8. The Morgan fingerprint density at radius 3 is 2.40 bits per heavy atom. The number of rotatable bonds is 5. The van der Waals surface area contributed by atoms with Crippen LogP contribution in [0.5, 0.6) is 0 Å². The van der Waals surface area contributed by atoms with Crippen molar-refractivity contribution in [3.05, 3.63) is 59.7 Å². The molecular formula is C22H24F3N3O2. The number of benzene rings is 2. The summed E-state index contributed by atoms with van der Waals surface area (Å²) in [5.74, 6) is -1.49. The van der Waals surface area contributed by atoms with E-state index in [1.165, 1.54) is 17.7 Å². The molecule has 5 nitrogen and oxygen atoms in total. The van der Waals surface area contributed by atoms with Crippen LogP contribution < -0.4 is 10.2 Å². The van der Waals surface area contributed by atoms with E-state index < -0.39 is 30.5 Å². The fourth-order valence-electron chi connectivity index (χ4n) is 3.55. The largest absolute Gasteiger partial charge is 0.409 e. The van der Waals surface area contributed by atoms with Crippen LogP contribution in [0.4, 0.5) is 24.5 Å². The summed E-state index contributed by atoms with van der Waals surface area (Å²) in [5, 5.41) is 2.47. The molecule has 1 aliphatic heterocycles. The number of aryl methyl sites for hydroxylation is 1. The van der Waals surface area contributed by atoms with Crippen LogP contribution in [-0.2, 0) is 22.6 Å². The van der Waals surface area contributed by atoms with Gasteiger partial charge in [0.15, 0.2) is 0 Å². The van der Waals surface area contributed by atoms with Crippen LogP contribution in [0.3, 0.4) is 0 Å². The number of carbonyl (C=O) groups is 2. The molecule has 2 amide bonds. The maximum Gasteiger partial charge on any atom is 0.409 e. The highest BCUT2D eigenvalue weighted by Gasteiger charge is 2.49. The maximum absolute atomic E-state index is 13.8. The molecule has 1 heterocycles. The van der Waals surface area contributed by atoms with Gasteiger partial charge in [0.25, 0.3) is 0 Å². The first-order chi connectivity index (χ1) is 14.2. The normalized spacial score (nSPS) is 16.8. The smallest absolute Gasteiger partial charge is 0.324 e. The predicted molar refractivity (Wildman–Crippen MR) is 109 cm³/mol. The number of nitrogens with one attached hydrogen (secondary N) is 1.